The molecular formula is C25H32BrN5O5. The van der Waals surface area contributed by atoms with E-state index >= 15 is 0 Å². The topological polar surface area (TPSA) is 99.5 Å². The average molecular weight is 562 g/mol. The number of rotatable bonds is 6. The highest BCUT2D eigenvalue weighted by Gasteiger charge is 2.39. The second-order valence-electron chi connectivity index (χ2n) is 9.58. The van der Waals surface area contributed by atoms with Crippen LogP contribution >= 0.6 is 15.9 Å². The Kier molecular flexibility index (Phi) is 7.60. The smallest absolute Gasteiger partial charge is 0.411 e. The molecule has 1 aromatic carbocycles. The number of hydrogen-bond acceptors (Lipinski definition) is 8. The fourth-order valence-corrected chi connectivity index (χ4v) is 4.76. The molecule has 0 radical (unpaired) electrons. The van der Waals surface area contributed by atoms with Crippen LogP contribution in [0.2, 0.25) is 0 Å². The zero-order chi connectivity index (χ0) is 26.0. The summed E-state index contributed by atoms with van der Waals surface area (Å²) in [4.78, 5) is 24.2. The van der Waals surface area contributed by atoms with Crippen molar-refractivity contribution in [2.45, 2.75) is 51.9 Å². The number of fused-ring (bicyclic) bond motifs is 1. The normalized spacial score (nSPS) is 18.2. The number of carbonyl (C=O) groups is 1. The summed E-state index contributed by atoms with van der Waals surface area (Å²) in [7, 11) is 3.24. The molecular weight excluding hydrogens is 530 g/mol. The monoisotopic (exact) mass is 561 g/mol. The molecule has 0 aliphatic carbocycles. The molecule has 1 N–H and O–H groups in total. The first-order chi connectivity index (χ1) is 17.1. The number of hydrogen-bond donors (Lipinski definition) is 1. The summed E-state index contributed by atoms with van der Waals surface area (Å²) < 4.78 is 24.9. The van der Waals surface area contributed by atoms with Crippen molar-refractivity contribution >= 4 is 33.4 Å². The van der Waals surface area contributed by atoms with Crippen molar-refractivity contribution in [1.82, 2.24) is 19.3 Å². The van der Waals surface area contributed by atoms with Crippen LogP contribution in [0.25, 0.3) is 5.52 Å². The van der Waals surface area contributed by atoms with Gasteiger partial charge in [-0.1, -0.05) is 0 Å². The number of ether oxygens (including phenoxy) is 4. The Bertz CT molecular complexity index is 1240. The van der Waals surface area contributed by atoms with E-state index < -0.39 is 17.7 Å². The van der Waals surface area contributed by atoms with Crippen LogP contribution in [0.4, 0.5) is 10.6 Å². The van der Waals surface area contributed by atoms with E-state index in [1.54, 1.807) is 25.3 Å². The van der Waals surface area contributed by atoms with Crippen LogP contribution in [0.3, 0.4) is 0 Å². The van der Waals surface area contributed by atoms with E-state index in [0.717, 1.165) is 16.8 Å². The number of morpholine rings is 1. The number of imidazole rings is 1. The summed E-state index contributed by atoms with van der Waals surface area (Å²) in [5.74, 6) is 2.72. The summed E-state index contributed by atoms with van der Waals surface area (Å²) in [6, 6.07) is 5.07. The highest BCUT2D eigenvalue weighted by atomic mass is 79.9. The van der Waals surface area contributed by atoms with Crippen LogP contribution in [0, 0.1) is 0 Å². The predicted octanol–water partition coefficient (Wildman–Crippen LogP) is 4.82. The van der Waals surface area contributed by atoms with Gasteiger partial charge in [-0.25, -0.2) is 14.8 Å². The number of anilines is 1. The summed E-state index contributed by atoms with van der Waals surface area (Å²) in [6.07, 6.45) is 3.13. The van der Waals surface area contributed by atoms with Crippen molar-refractivity contribution in [3.63, 3.8) is 0 Å². The van der Waals surface area contributed by atoms with Gasteiger partial charge in [0.05, 0.1) is 33.5 Å². The third-order valence-electron chi connectivity index (χ3n) is 5.83. The minimum atomic E-state index is -0.613. The Morgan fingerprint density at radius 3 is 2.72 bits per heavy atom. The van der Waals surface area contributed by atoms with Gasteiger partial charge in [0.1, 0.15) is 39.1 Å². The molecule has 1 aliphatic heterocycles. The molecule has 1 amide bonds. The number of nitrogens with zero attached hydrogens (tertiary/aromatic N) is 4. The SMILES string of the molecule is COc1ccc(CNc2nccn3c(C4COCC(C)N4C(=O)OC(C)(C)C)nc(Br)c23)c(OC)c1. The van der Waals surface area contributed by atoms with Gasteiger partial charge < -0.3 is 24.3 Å². The van der Waals surface area contributed by atoms with E-state index in [-0.39, 0.29) is 6.04 Å². The third kappa shape index (κ3) is 5.36. The van der Waals surface area contributed by atoms with Gasteiger partial charge in [0, 0.05) is 30.6 Å². The molecule has 0 spiro atoms. The molecule has 1 saturated heterocycles. The minimum Gasteiger partial charge on any atom is -0.497 e. The lowest BCUT2D eigenvalue weighted by molar-refractivity contribution is -0.0595. The van der Waals surface area contributed by atoms with E-state index in [1.807, 2.05) is 56.5 Å². The Morgan fingerprint density at radius 2 is 2.03 bits per heavy atom. The standard InChI is InChI=1S/C25H32BrN5O5/c1-15-13-35-14-18(31(15)24(32)36-25(2,3)4)23-29-21(26)20-22(27-9-10-30(20)23)28-12-16-7-8-17(33-5)11-19(16)34-6/h7-11,15,18H,12-14H2,1-6H3,(H,27,28). The predicted molar refractivity (Wildman–Crippen MR) is 139 cm³/mol. The zero-order valence-corrected chi connectivity index (χ0v) is 23.0. The lowest BCUT2D eigenvalue weighted by atomic mass is 10.1. The lowest BCUT2D eigenvalue weighted by Gasteiger charge is -2.40. The number of methoxy groups -OCH3 is 2. The fraction of sp³-hybridized carbons (Fsp3) is 0.480. The number of aromatic nitrogens is 3. The van der Waals surface area contributed by atoms with Crippen molar-refractivity contribution in [2.75, 3.05) is 32.8 Å². The summed E-state index contributed by atoms with van der Waals surface area (Å²) in [5, 5.41) is 3.39. The molecule has 36 heavy (non-hydrogen) atoms. The fourth-order valence-electron chi connectivity index (χ4n) is 4.20. The van der Waals surface area contributed by atoms with Crippen molar-refractivity contribution < 1.29 is 23.7 Å². The molecule has 3 aromatic rings. The van der Waals surface area contributed by atoms with Gasteiger partial charge >= 0.3 is 6.09 Å². The van der Waals surface area contributed by atoms with Crippen LogP contribution < -0.4 is 14.8 Å². The highest BCUT2D eigenvalue weighted by Crippen LogP contribution is 2.34. The second-order valence-corrected chi connectivity index (χ2v) is 10.3. The number of nitrogens with one attached hydrogen (secondary N) is 1. The molecule has 10 nitrogen and oxygen atoms in total. The summed E-state index contributed by atoms with van der Waals surface area (Å²) in [6.45, 7) is 8.72. The number of carbonyl (C=O) groups excluding carboxylic acids is 1. The first kappa shape index (κ1) is 26.0. The van der Waals surface area contributed by atoms with Crippen LogP contribution in [0.1, 0.15) is 45.1 Å². The maximum atomic E-state index is 13.1. The van der Waals surface area contributed by atoms with Crippen LogP contribution in [0.15, 0.2) is 35.2 Å². The second kappa shape index (κ2) is 10.5. The van der Waals surface area contributed by atoms with Gasteiger partial charge in [-0.3, -0.25) is 9.30 Å². The third-order valence-corrected chi connectivity index (χ3v) is 6.38. The van der Waals surface area contributed by atoms with Crippen LogP contribution in [-0.2, 0) is 16.0 Å². The maximum Gasteiger partial charge on any atom is 0.411 e. The molecule has 4 rings (SSSR count). The Morgan fingerprint density at radius 1 is 1.25 bits per heavy atom. The van der Waals surface area contributed by atoms with Crippen LogP contribution in [-0.4, -0.2) is 64.4 Å². The van der Waals surface area contributed by atoms with Gasteiger partial charge in [-0.15, -0.1) is 0 Å². The van der Waals surface area contributed by atoms with Crippen molar-refractivity contribution in [3.8, 4) is 11.5 Å². The van der Waals surface area contributed by atoms with Crippen LogP contribution in [0.5, 0.6) is 11.5 Å². The first-order valence-corrected chi connectivity index (χ1v) is 12.5. The molecule has 0 saturated carbocycles. The average Bonchev–Trinajstić information content (AvgIpc) is 3.18. The van der Waals surface area contributed by atoms with Gasteiger partial charge in [0.15, 0.2) is 5.82 Å². The maximum absolute atomic E-state index is 13.1. The molecule has 1 fully saturated rings. The van der Waals surface area contributed by atoms with Crippen molar-refractivity contribution in [3.05, 3.63) is 46.6 Å². The summed E-state index contributed by atoms with van der Waals surface area (Å²) in [5.41, 5.74) is 1.09. The molecule has 0 bridgehead atoms. The van der Waals surface area contributed by atoms with Gasteiger partial charge in [-0.05, 0) is 55.8 Å². The van der Waals surface area contributed by atoms with E-state index in [9.17, 15) is 4.79 Å². The van der Waals surface area contributed by atoms with Crippen molar-refractivity contribution in [1.29, 1.82) is 0 Å². The van der Waals surface area contributed by atoms with E-state index in [1.165, 1.54) is 0 Å². The molecule has 11 heteroatoms. The quantitative estimate of drug-likeness (QED) is 0.457. The lowest BCUT2D eigenvalue weighted by Crippen LogP contribution is -2.51. The number of benzene rings is 1. The van der Waals surface area contributed by atoms with E-state index in [4.69, 9.17) is 23.9 Å². The largest absolute Gasteiger partial charge is 0.497 e. The number of amides is 1. The zero-order valence-electron chi connectivity index (χ0n) is 21.4. The van der Waals surface area contributed by atoms with Gasteiger partial charge in [0.2, 0.25) is 0 Å². The van der Waals surface area contributed by atoms with E-state index in [2.05, 4.69) is 26.2 Å². The van der Waals surface area contributed by atoms with E-state index in [0.29, 0.717) is 41.8 Å². The minimum absolute atomic E-state index is 0.174. The molecule has 1 aliphatic rings. The molecule has 3 heterocycles. The first-order valence-electron chi connectivity index (χ1n) is 11.7. The number of halogens is 1. The molecule has 2 atom stereocenters. The van der Waals surface area contributed by atoms with Gasteiger partial charge in [-0.2, -0.15) is 0 Å². The Labute approximate surface area is 219 Å². The highest BCUT2D eigenvalue weighted by molar-refractivity contribution is 9.10. The molecule has 2 unspecified atom stereocenters. The molecule has 194 valence electrons. The van der Waals surface area contributed by atoms with Crippen molar-refractivity contribution in [2.24, 2.45) is 0 Å². The Balaban J connectivity index is 1.66. The summed E-state index contributed by atoms with van der Waals surface area (Å²) >= 11 is 3.60. The molecule has 2 aromatic heterocycles. The van der Waals surface area contributed by atoms with Gasteiger partial charge in [0.25, 0.3) is 0 Å². The Hall–Kier alpha value is -3.05.